The summed E-state index contributed by atoms with van der Waals surface area (Å²) < 4.78 is 0. The maximum Gasteiger partial charge on any atom is 0.320 e. The van der Waals surface area contributed by atoms with Crippen LogP contribution in [0.2, 0.25) is 0 Å². The van der Waals surface area contributed by atoms with Crippen LogP contribution in [0.25, 0.3) is 0 Å². The molecule has 0 aliphatic carbocycles. The van der Waals surface area contributed by atoms with Crippen LogP contribution < -0.4 is 11.5 Å². The average Bonchev–Trinajstić information content (AvgIpc) is 2.14. The topological polar surface area (TPSA) is 110 Å². The molecule has 0 aromatic rings. The van der Waals surface area contributed by atoms with Crippen LogP contribution in [0.3, 0.4) is 0 Å². The molecule has 0 aliphatic rings. The minimum atomic E-state index is -1.28. The Kier molecular flexibility index (Phi) is 6.47. The van der Waals surface area contributed by atoms with Crippen LogP contribution in [0.4, 0.5) is 0 Å². The van der Waals surface area contributed by atoms with Gasteiger partial charge in [-0.1, -0.05) is 19.8 Å². The van der Waals surface area contributed by atoms with E-state index in [-0.39, 0.29) is 12.8 Å². The number of aliphatic carboxylic acids is 1. The minimum Gasteiger partial charge on any atom is -0.480 e. The van der Waals surface area contributed by atoms with Gasteiger partial charge in [0.15, 0.2) is 0 Å². The van der Waals surface area contributed by atoms with Gasteiger partial charge in [0.2, 0.25) is 0 Å². The number of hydrogen-bond donors (Lipinski definition) is 4. The molecule has 0 aromatic carbocycles. The molecule has 2 atom stereocenters. The number of rotatable bonds is 8. The predicted molar refractivity (Wildman–Crippen MR) is 58.1 cm³/mol. The molecular formula is C10H22N2O3. The van der Waals surface area contributed by atoms with Crippen molar-refractivity contribution in [1.82, 2.24) is 0 Å². The second-order valence-corrected chi connectivity index (χ2v) is 4.04. The first-order valence-corrected chi connectivity index (χ1v) is 5.38. The van der Waals surface area contributed by atoms with Crippen LogP contribution in [0.1, 0.15) is 45.4 Å². The monoisotopic (exact) mass is 218 g/mol. The lowest BCUT2D eigenvalue weighted by Crippen LogP contribution is -2.42. The molecule has 0 rings (SSSR count). The van der Waals surface area contributed by atoms with Gasteiger partial charge in [-0.3, -0.25) is 4.79 Å². The van der Waals surface area contributed by atoms with Crippen molar-refractivity contribution in [2.24, 2.45) is 11.5 Å². The van der Waals surface area contributed by atoms with Crippen molar-refractivity contribution in [3.05, 3.63) is 0 Å². The Morgan fingerprint density at radius 1 is 1.40 bits per heavy atom. The molecule has 0 spiro atoms. The molecule has 2 unspecified atom stereocenters. The fourth-order valence-corrected chi connectivity index (χ4v) is 1.34. The number of carbonyl (C=O) groups is 1. The normalized spacial score (nSPS) is 17.1. The van der Waals surface area contributed by atoms with Gasteiger partial charge in [-0.15, -0.1) is 0 Å². The number of aliphatic hydroxyl groups is 1. The van der Waals surface area contributed by atoms with E-state index in [0.717, 1.165) is 19.3 Å². The number of unbranched alkanes of at least 4 members (excludes halogenated alkanes) is 2. The van der Waals surface area contributed by atoms with Crippen molar-refractivity contribution >= 4 is 5.97 Å². The highest BCUT2D eigenvalue weighted by atomic mass is 16.4. The summed E-state index contributed by atoms with van der Waals surface area (Å²) in [7, 11) is 0. The second kappa shape index (κ2) is 6.76. The van der Waals surface area contributed by atoms with Gasteiger partial charge in [0.05, 0.1) is 0 Å². The third kappa shape index (κ3) is 7.30. The van der Waals surface area contributed by atoms with Gasteiger partial charge in [0.1, 0.15) is 11.8 Å². The van der Waals surface area contributed by atoms with E-state index >= 15 is 0 Å². The first-order chi connectivity index (χ1) is 6.89. The maximum absolute atomic E-state index is 10.4. The second-order valence-electron chi connectivity index (χ2n) is 4.04. The smallest absolute Gasteiger partial charge is 0.320 e. The van der Waals surface area contributed by atoms with Gasteiger partial charge in [0, 0.05) is 0 Å². The first-order valence-electron chi connectivity index (χ1n) is 5.38. The van der Waals surface area contributed by atoms with Gasteiger partial charge in [-0.05, 0) is 25.7 Å². The van der Waals surface area contributed by atoms with Gasteiger partial charge in [-0.25, -0.2) is 0 Å². The van der Waals surface area contributed by atoms with E-state index in [1.807, 2.05) is 0 Å². The molecule has 15 heavy (non-hydrogen) atoms. The van der Waals surface area contributed by atoms with Gasteiger partial charge >= 0.3 is 5.97 Å². The zero-order valence-corrected chi connectivity index (χ0v) is 9.28. The molecule has 0 bridgehead atoms. The Bertz CT molecular complexity index is 195. The van der Waals surface area contributed by atoms with Crippen molar-refractivity contribution in [1.29, 1.82) is 0 Å². The predicted octanol–water partition coefficient (Wildman–Crippen LogP) is 0.406. The van der Waals surface area contributed by atoms with Crippen LogP contribution in [-0.4, -0.2) is 27.9 Å². The van der Waals surface area contributed by atoms with E-state index < -0.39 is 17.7 Å². The van der Waals surface area contributed by atoms with Crippen LogP contribution in [0.15, 0.2) is 0 Å². The maximum atomic E-state index is 10.4. The molecule has 5 heteroatoms. The number of carboxylic acid groups (broad SMARTS) is 1. The lowest BCUT2D eigenvalue weighted by atomic mass is 9.98. The van der Waals surface area contributed by atoms with Gasteiger partial charge < -0.3 is 21.7 Å². The van der Waals surface area contributed by atoms with Crippen molar-refractivity contribution in [3.8, 4) is 0 Å². The summed E-state index contributed by atoms with van der Waals surface area (Å²) in [6, 6.07) is -0.939. The van der Waals surface area contributed by atoms with Crippen LogP contribution in [-0.2, 0) is 4.79 Å². The average molecular weight is 218 g/mol. The van der Waals surface area contributed by atoms with Crippen molar-refractivity contribution in [2.45, 2.75) is 57.2 Å². The van der Waals surface area contributed by atoms with Gasteiger partial charge in [0.25, 0.3) is 0 Å². The lowest BCUT2D eigenvalue weighted by molar-refractivity contribution is -0.138. The first kappa shape index (κ1) is 14.3. The van der Waals surface area contributed by atoms with Crippen LogP contribution >= 0.6 is 0 Å². The third-order valence-corrected chi connectivity index (χ3v) is 2.42. The standard InChI is InChI=1S/C10H22N2O3/c1-2-3-4-6-10(12,15)7-5-8(11)9(13)14/h8,15H,2-7,11-12H2,1H3,(H,13,14). The summed E-state index contributed by atoms with van der Waals surface area (Å²) in [5.41, 5.74) is 9.65. The Morgan fingerprint density at radius 2 is 2.00 bits per heavy atom. The van der Waals surface area contributed by atoms with Crippen LogP contribution in [0.5, 0.6) is 0 Å². The highest BCUT2D eigenvalue weighted by Gasteiger charge is 2.23. The fraction of sp³-hybridized carbons (Fsp3) is 0.900. The van der Waals surface area contributed by atoms with Crippen LogP contribution in [0, 0.1) is 0 Å². The van der Waals surface area contributed by atoms with E-state index in [4.69, 9.17) is 16.6 Å². The zero-order chi connectivity index (χ0) is 11.9. The highest BCUT2D eigenvalue weighted by Crippen LogP contribution is 2.16. The molecule has 0 heterocycles. The summed E-state index contributed by atoms with van der Waals surface area (Å²) in [6.07, 6.45) is 3.85. The van der Waals surface area contributed by atoms with Gasteiger partial charge in [-0.2, -0.15) is 0 Å². The van der Waals surface area contributed by atoms with E-state index in [1.165, 1.54) is 0 Å². The Morgan fingerprint density at radius 3 is 2.47 bits per heavy atom. The molecule has 90 valence electrons. The SMILES string of the molecule is CCCCCC(N)(O)CCC(N)C(=O)O. The Balaban J connectivity index is 3.77. The summed E-state index contributed by atoms with van der Waals surface area (Å²) in [4.78, 5) is 10.4. The van der Waals surface area contributed by atoms with Crippen molar-refractivity contribution in [2.75, 3.05) is 0 Å². The summed E-state index contributed by atoms with van der Waals surface area (Å²) in [5.74, 6) is -1.06. The van der Waals surface area contributed by atoms with Crippen molar-refractivity contribution < 1.29 is 15.0 Å². The van der Waals surface area contributed by atoms with E-state index in [1.54, 1.807) is 0 Å². The minimum absolute atomic E-state index is 0.203. The largest absolute Gasteiger partial charge is 0.480 e. The molecule has 0 amide bonds. The molecule has 0 saturated carbocycles. The van der Waals surface area contributed by atoms with Crippen molar-refractivity contribution in [3.63, 3.8) is 0 Å². The molecule has 0 radical (unpaired) electrons. The molecule has 0 saturated heterocycles. The third-order valence-electron chi connectivity index (χ3n) is 2.42. The number of carboxylic acids is 1. The molecule has 0 fully saturated rings. The molecule has 0 aromatic heterocycles. The zero-order valence-electron chi connectivity index (χ0n) is 9.28. The molecular weight excluding hydrogens is 196 g/mol. The summed E-state index contributed by atoms with van der Waals surface area (Å²) in [5, 5.41) is 18.2. The highest BCUT2D eigenvalue weighted by molar-refractivity contribution is 5.72. The Hall–Kier alpha value is -0.650. The van der Waals surface area contributed by atoms with E-state index in [2.05, 4.69) is 6.92 Å². The quantitative estimate of drug-likeness (QED) is 0.348. The summed E-state index contributed by atoms with van der Waals surface area (Å²) in [6.45, 7) is 2.07. The molecule has 0 aliphatic heterocycles. The molecule has 5 nitrogen and oxygen atoms in total. The van der Waals surface area contributed by atoms with E-state index in [0.29, 0.717) is 6.42 Å². The Labute approximate surface area is 90.5 Å². The number of nitrogens with two attached hydrogens (primary N) is 2. The summed E-state index contributed by atoms with van der Waals surface area (Å²) >= 11 is 0. The fourth-order valence-electron chi connectivity index (χ4n) is 1.34. The molecule has 6 N–H and O–H groups in total. The lowest BCUT2D eigenvalue weighted by Gasteiger charge is -2.23. The van der Waals surface area contributed by atoms with E-state index in [9.17, 15) is 9.90 Å². The number of hydrogen-bond acceptors (Lipinski definition) is 4.